The van der Waals surface area contributed by atoms with E-state index in [-0.39, 0.29) is 30.0 Å². The Bertz CT molecular complexity index is 518. The van der Waals surface area contributed by atoms with Crippen molar-refractivity contribution in [3.05, 3.63) is 34.3 Å². The molecule has 0 heterocycles. The topological polar surface area (TPSA) is 56.7 Å². The average molecular weight is 496 g/mol. The van der Waals surface area contributed by atoms with Crippen LogP contribution >= 0.6 is 39.9 Å². The third-order valence-electron chi connectivity index (χ3n) is 4.13. The molecule has 1 saturated carbocycles. The van der Waals surface area contributed by atoms with Crippen LogP contribution < -0.4 is 10.6 Å². The first-order chi connectivity index (χ1) is 10.5. The second kappa shape index (κ2) is 9.84. The minimum absolute atomic E-state index is 0. The first-order valence-electron chi connectivity index (χ1n) is 8.06. The Morgan fingerprint density at radius 1 is 1.35 bits per heavy atom. The van der Waals surface area contributed by atoms with Gasteiger partial charge >= 0.3 is 0 Å². The van der Waals surface area contributed by atoms with E-state index in [0.717, 1.165) is 42.7 Å². The Hall–Kier alpha value is -0.340. The molecule has 23 heavy (non-hydrogen) atoms. The summed E-state index contributed by atoms with van der Waals surface area (Å²) in [5, 5.41) is 17.1. The van der Waals surface area contributed by atoms with E-state index < -0.39 is 5.60 Å². The molecule has 0 radical (unpaired) electrons. The summed E-state index contributed by atoms with van der Waals surface area (Å²) in [6, 6.07) is 8.31. The molecular formula is C17H27BrIN3O. The molecule has 6 heteroatoms. The Labute approximate surface area is 164 Å². The second-order valence-electron chi connectivity index (χ2n) is 6.01. The van der Waals surface area contributed by atoms with Crippen LogP contribution in [0, 0.1) is 0 Å². The standard InChI is InChI=1S/C17H26BrN3O.HI/c1-3-19-16(20-12-17(22)10-6-7-11-17)21-13(2)14-8-4-5-9-15(14)18;/h4-5,8-9,13,22H,3,6-7,10-12H2,1-2H3,(H2,19,20,21);1H. The van der Waals surface area contributed by atoms with Gasteiger partial charge in [-0.25, -0.2) is 0 Å². The predicted octanol–water partition coefficient (Wildman–Crippen LogP) is 3.99. The highest BCUT2D eigenvalue weighted by Crippen LogP contribution is 2.29. The van der Waals surface area contributed by atoms with Crippen LogP contribution in [-0.2, 0) is 0 Å². The predicted molar refractivity (Wildman–Crippen MR) is 111 cm³/mol. The molecule has 1 aromatic rings. The van der Waals surface area contributed by atoms with Crippen LogP contribution in [0.5, 0.6) is 0 Å². The zero-order valence-corrected chi connectivity index (χ0v) is 17.7. The van der Waals surface area contributed by atoms with Gasteiger partial charge in [-0.15, -0.1) is 24.0 Å². The SMILES string of the molecule is CCNC(=NCC1(O)CCCC1)NC(C)c1ccccc1Br.I. The average Bonchev–Trinajstić information content (AvgIpc) is 2.93. The van der Waals surface area contributed by atoms with E-state index in [1.54, 1.807) is 0 Å². The largest absolute Gasteiger partial charge is 0.388 e. The van der Waals surface area contributed by atoms with Crippen LogP contribution in [0.2, 0.25) is 0 Å². The number of guanidine groups is 1. The summed E-state index contributed by atoms with van der Waals surface area (Å²) in [6.45, 7) is 5.42. The van der Waals surface area contributed by atoms with Gasteiger partial charge in [-0.05, 0) is 38.3 Å². The van der Waals surface area contributed by atoms with Gasteiger partial charge in [0.15, 0.2) is 5.96 Å². The fourth-order valence-corrected chi connectivity index (χ4v) is 3.47. The highest BCUT2D eigenvalue weighted by molar-refractivity contribution is 14.0. The minimum Gasteiger partial charge on any atom is -0.388 e. The molecule has 1 fully saturated rings. The molecule has 3 N–H and O–H groups in total. The molecule has 0 amide bonds. The molecule has 0 spiro atoms. The summed E-state index contributed by atoms with van der Waals surface area (Å²) >= 11 is 3.59. The van der Waals surface area contributed by atoms with Crippen molar-refractivity contribution in [2.45, 2.75) is 51.2 Å². The lowest BCUT2D eigenvalue weighted by Crippen LogP contribution is -2.40. The number of aliphatic hydroxyl groups is 1. The van der Waals surface area contributed by atoms with E-state index in [9.17, 15) is 5.11 Å². The van der Waals surface area contributed by atoms with Crippen molar-refractivity contribution in [3.63, 3.8) is 0 Å². The highest BCUT2D eigenvalue weighted by atomic mass is 127. The molecule has 1 aromatic carbocycles. The van der Waals surface area contributed by atoms with Gasteiger partial charge < -0.3 is 15.7 Å². The van der Waals surface area contributed by atoms with Crippen LogP contribution in [0.3, 0.4) is 0 Å². The van der Waals surface area contributed by atoms with Gasteiger partial charge in [0.2, 0.25) is 0 Å². The van der Waals surface area contributed by atoms with Gasteiger partial charge in [-0.3, -0.25) is 4.99 Å². The van der Waals surface area contributed by atoms with Crippen molar-refractivity contribution in [2.24, 2.45) is 4.99 Å². The lowest BCUT2D eigenvalue weighted by Gasteiger charge is -2.22. The number of hydrogen-bond acceptors (Lipinski definition) is 2. The van der Waals surface area contributed by atoms with Crippen molar-refractivity contribution < 1.29 is 5.11 Å². The molecule has 1 aliphatic rings. The fourth-order valence-electron chi connectivity index (χ4n) is 2.85. The van der Waals surface area contributed by atoms with E-state index in [1.807, 2.05) is 25.1 Å². The number of nitrogens with zero attached hydrogens (tertiary/aromatic N) is 1. The molecule has 130 valence electrons. The maximum absolute atomic E-state index is 10.4. The van der Waals surface area contributed by atoms with Crippen LogP contribution in [0.1, 0.15) is 51.1 Å². The number of aliphatic imine (C=N–C) groups is 1. The van der Waals surface area contributed by atoms with Crippen LogP contribution in [0.4, 0.5) is 0 Å². The number of rotatable bonds is 5. The summed E-state index contributed by atoms with van der Waals surface area (Å²) in [5.41, 5.74) is 0.575. The molecule has 1 unspecified atom stereocenters. The molecule has 4 nitrogen and oxygen atoms in total. The van der Waals surface area contributed by atoms with Gasteiger partial charge in [-0.1, -0.05) is 47.0 Å². The summed E-state index contributed by atoms with van der Waals surface area (Å²) in [7, 11) is 0. The van der Waals surface area contributed by atoms with E-state index in [4.69, 9.17) is 0 Å². The lowest BCUT2D eigenvalue weighted by molar-refractivity contribution is 0.0574. The monoisotopic (exact) mass is 495 g/mol. The molecule has 0 saturated heterocycles. The van der Waals surface area contributed by atoms with Gasteiger partial charge in [-0.2, -0.15) is 0 Å². The molecule has 0 aromatic heterocycles. The van der Waals surface area contributed by atoms with Crippen LogP contribution in [0.25, 0.3) is 0 Å². The smallest absolute Gasteiger partial charge is 0.191 e. The van der Waals surface area contributed by atoms with E-state index in [2.05, 4.69) is 44.5 Å². The zero-order valence-electron chi connectivity index (χ0n) is 13.8. The summed E-state index contributed by atoms with van der Waals surface area (Å²) in [5.74, 6) is 0.756. The highest BCUT2D eigenvalue weighted by Gasteiger charge is 2.30. The first-order valence-corrected chi connectivity index (χ1v) is 8.85. The number of hydrogen-bond donors (Lipinski definition) is 3. The summed E-state index contributed by atoms with van der Waals surface area (Å²) < 4.78 is 1.08. The van der Waals surface area contributed by atoms with Crippen LogP contribution in [-0.4, -0.2) is 29.8 Å². The number of halogens is 2. The van der Waals surface area contributed by atoms with E-state index >= 15 is 0 Å². The molecular weight excluding hydrogens is 469 g/mol. The molecule has 1 aliphatic carbocycles. The molecule has 1 atom stereocenters. The number of benzene rings is 1. The van der Waals surface area contributed by atoms with Crippen molar-refractivity contribution in [1.82, 2.24) is 10.6 Å². The molecule has 0 bridgehead atoms. The van der Waals surface area contributed by atoms with E-state index in [1.165, 1.54) is 5.56 Å². The first kappa shape index (κ1) is 20.7. The number of nitrogens with one attached hydrogen (secondary N) is 2. The molecule has 2 rings (SSSR count). The third kappa shape index (κ3) is 6.23. The van der Waals surface area contributed by atoms with Crippen molar-refractivity contribution in [1.29, 1.82) is 0 Å². The van der Waals surface area contributed by atoms with E-state index in [0.29, 0.717) is 6.54 Å². The summed E-state index contributed by atoms with van der Waals surface area (Å²) in [6.07, 6.45) is 3.91. The Morgan fingerprint density at radius 2 is 2.00 bits per heavy atom. The van der Waals surface area contributed by atoms with Gasteiger partial charge in [0, 0.05) is 11.0 Å². The van der Waals surface area contributed by atoms with Gasteiger partial charge in [0.1, 0.15) is 0 Å². The normalized spacial score (nSPS) is 18.2. The quantitative estimate of drug-likeness (QED) is 0.329. The van der Waals surface area contributed by atoms with Gasteiger partial charge in [0.05, 0.1) is 18.2 Å². The Kier molecular flexibility index (Phi) is 8.85. The maximum atomic E-state index is 10.4. The summed E-state index contributed by atoms with van der Waals surface area (Å²) in [4.78, 5) is 4.59. The Balaban J connectivity index is 0.00000264. The second-order valence-corrected chi connectivity index (χ2v) is 6.87. The third-order valence-corrected chi connectivity index (χ3v) is 4.86. The minimum atomic E-state index is -0.612. The lowest BCUT2D eigenvalue weighted by atomic mass is 10.0. The van der Waals surface area contributed by atoms with Crippen LogP contribution in [0.15, 0.2) is 33.7 Å². The Morgan fingerprint density at radius 3 is 2.61 bits per heavy atom. The zero-order chi connectivity index (χ0) is 16.0. The van der Waals surface area contributed by atoms with Crippen molar-refractivity contribution >= 4 is 45.9 Å². The van der Waals surface area contributed by atoms with Crippen molar-refractivity contribution in [3.8, 4) is 0 Å². The maximum Gasteiger partial charge on any atom is 0.191 e. The molecule has 0 aliphatic heterocycles. The van der Waals surface area contributed by atoms with Gasteiger partial charge in [0.25, 0.3) is 0 Å². The fraction of sp³-hybridized carbons (Fsp3) is 0.588. The van der Waals surface area contributed by atoms with Crippen molar-refractivity contribution in [2.75, 3.05) is 13.1 Å².